The first kappa shape index (κ1) is 42.5. The van der Waals surface area contributed by atoms with Crippen molar-refractivity contribution in [2.24, 2.45) is 23.3 Å². The molecule has 7 N–H and O–H groups in total. The van der Waals surface area contributed by atoms with E-state index in [1.54, 1.807) is 50.2 Å². The van der Waals surface area contributed by atoms with E-state index in [9.17, 15) is 33.9 Å². The number of carbonyl (C=O) groups excluding carboxylic acids is 6. The second-order valence-electron chi connectivity index (χ2n) is 12.9. The van der Waals surface area contributed by atoms with Gasteiger partial charge in [0.2, 0.25) is 17.7 Å². The highest BCUT2D eigenvalue weighted by atomic mass is 16.5. The Bertz CT molecular complexity index is 1440. The summed E-state index contributed by atoms with van der Waals surface area (Å²) in [5.41, 5.74) is 13.5. The van der Waals surface area contributed by atoms with E-state index in [4.69, 9.17) is 16.2 Å². The lowest BCUT2D eigenvalue weighted by atomic mass is 9.90. The van der Waals surface area contributed by atoms with Gasteiger partial charge in [-0.25, -0.2) is 14.5 Å². The molecular weight excluding hydrogens is 658 g/mol. The lowest BCUT2D eigenvalue weighted by molar-refractivity contribution is -0.150. The van der Waals surface area contributed by atoms with Crippen LogP contribution in [-0.4, -0.2) is 89.5 Å². The van der Waals surface area contributed by atoms with E-state index < -0.39 is 66.0 Å². The van der Waals surface area contributed by atoms with Crippen LogP contribution >= 0.6 is 0 Å². The number of ether oxygens (including phenoxy) is 2. The number of Topliss-reactive ketones (excluding diaryl/α,β-unsaturated/α-hetero) is 1. The standard InChI is InChI=1S/C37H53N5O9/c1-23(2)32(36(48)51-22-26-14-8-6-9-15-26)41-34(46)31(39)28(20-29(43)18-12-13-19-30(44)27-16-10-7-11-17-27)21-40-33(45)25(4)42(37(49)50-5)35(47)24(3)38/h6-11,14-17,23-25,28-29,31-32,43H,12-13,18-22,38-39H2,1-5H3,(H,40,45)(H,41,46)/t24-,25-,28?,29?,31?,32?/m0/s1. The predicted octanol–water partition coefficient (Wildman–Crippen LogP) is 2.46. The van der Waals surface area contributed by atoms with Gasteiger partial charge in [0.1, 0.15) is 18.7 Å². The molecule has 0 fully saturated rings. The van der Waals surface area contributed by atoms with Crippen LogP contribution in [0.25, 0.3) is 0 Å². The molecule has 2 aromatic carbocycles. The highest BCUT2D eigenvalue weighted by molar-refractivity contribution is 5.99. The number of hydrogen-bond acceptors (Lipinski definition) is 11. The van der Waals surface area contributed by atoms with Gasteiger partial charge in [0.05, 0.1) is 25.3 Å². The zero-order valence-electron chi connectivity index (χ0n) is 30.1. The minimum atomic E-state index is -1.33. The van der Waals surface area contributed by atoms with Crippen LogP contribution in [0.4, 0.5) is 4.79 Å². The zero-order chi connectivity index (χ0) is 38.1. The molecule has 2 aromatic rings. The average molecular weight is 712 g/mol. The number of hydrogen-bond donors (Lipinski definition) is 5. The van der Waals surface area contributed by atoms with Crippen LogP contribution in [-0.2, 0) is 35.3 Å². The average Bonchev–Trinajstić information content (AvgIpc) is 3.12. The smallest absolute Gasteiger partial charge is 0.417 e. The van der Waals surface area contributed by atoms with Crippen LogP contribution in [0.5, 0.6) is 0 Å². The number of methoxy groups -OCH3 is 1. The van der Waals surface area contributed by atoms with Gasteiger partial charge in [-0.15, -0.1) is 0 Å². The van der Waals surface area contributed by atoms with E-state index in [0.29, 0.717) is 29.7 Å². The Balaban J connectivity index is 2.15. The largest absolute Gasteiger partial charge is 0.459 e. The van der Waals surface area contributed by atoms with Crippen LogP contribution < -0.4 is 22.1 Å². The Morgan fingerprint density at radius 2 is 1.47 bits per heavy atom. The fourth-order valence-corrected chi connectivity index (χ4v) is 5.29. The Kier molecular flexibility index (Phi) is 17.9. The fraction of sp³-hybridized carbons (Fsp3) is 0.514. The van der Waals surface area contributed by atoms with Crippen LogP contribution in [0.1, 0.15) is 75.7 Å². The second-order valence-corrected chi connectivity index (χ2v) is 12.9. The Hall–Kier alpha value is -4.66. The first-order valence-corrected chi connectivity index (χ1v) is 17.1. The summed E-state index contributed by atoms with van der Waals surface area (Å²) >= 11 is 0. The summed E-state index contributed by atoms with van der Waals surface area (Å²) in [4.78, 5) is 77.7. The quantitative estimate of drug-likeness (QED) is 0.0763. The van der Waals surface area contributed by atoms with Crippen molar-refractivity contribution in [2.45, 2.75) is 96.7 Å². The molecule has 0 spiro atoms. The molecule has 14 nitrogen and oxygen atoms in total. The Labute approximate surface area is 299 Å². The van der Waals surface area contributed by atoms with Gasteiger partial charge in [-0.3, -0.25) is 19.2 Å². The summed E-state index contributed by atoms with van der Waals surface area (Å²) in [6.07, 6.45) is -0.451. The van der Waals surface area contributed by atoms with Gasteiger partial charge in [0.15, 0.2) is 5.78 Å². The number of amides is 4. The molecule has 51 heavy (non-hydrogen) atoms. The minimum Gasteiger partial charge on any atom is -0.459 e. The molecule has 4 unspecified atom stereocenters. The van der Waals surface area contributed by atoms with E-state index in [0.717, 1.165) is 12.7 Å². The molecule has 14 heteroatoms. The number of rotatable bonds is 20. The third-order valence-electron chi connectivity index (χ3n) is 8.42. The first-order valence-electron chi connectivity index (χ1n) is 17.1. The van der Waals surface area contributed by atoms with Crippen LogP contribution in [0.3, 0.4) is 0 Å². The molecule has 0 aliphatic rings. The maximum Gasteiger partial charge on any atom is 0.417 e. The van der Waals surface area contributed by atoms with Gasteiger partial charge in [0.25, 0.3) is 0 Å². The number of esters is 1. The van der Waals surface area contributed by atoms with Crippen molar-refractivity contribution in [3.63, 3.8) is 0 Å². The van der Waals surface area contributed by atoms with Crippen molar-refractivity contribution < 1.29 is 43.3 Å². The normalized spacial score (nSPS) is 14.6. The topological polar surface area (TPSA) is 220 Å². The van der Waals surface area contributed by atoms with E-state index in [1.165, 1.54) is 13.8 Å². The van der Waals surface area contributed by atoms with Crippen LogP contribution in [0, 0.1) is 11.8 Å². The number of carbonyl (C=O) groups is 6. The zero-order valence-corrected chi connectivity index (χ0v) is 30.1. The molecule has 0 bridgehead atoms. The molecule has 6 atom stereocenters. The molecule has 0 radical (unpaired) electrons. The van der Waals surface area contributed by atoms with Crippen molar-refractivity contribution >= 4 is 35.6 Å². The first-order chi connectivity index (χ1) is 24.2. The van der Waals surface area contributed by atoms with Gasteiger partial charge in [-0.2, -0.15) is 0 Å². The molecule has 0 aromatic heterocycles. The van der Waals surface area contributed by atoms with E-state index >= 15 is 0 Å². The summed E-state index contributed by atoms with van der Waals surface area (Å²) in [5.74, 6) is -4.18. The van der Waals surface area contributed by atoms with Crippen LogP contribution in [0.2, 0.25) is 0 Å². The van der Waals surface area contributed by atoms with Gasteiger partial charge in [-0.1, -0.05) is 80.9 Å². The van der Waals surface area contributed by atoms with Gasteiger partial charge in [-0.05, 0) is 44.6 Å². The van der Waals surface area contributed by atoms with Crippen molar-refractivity contribution in [1.82, 2.24) is 15.5 Å². The monoisotopic (exact) mass is 711 g/mol. The van der Waals surface area contributed by atoms with Crippen LogP contribution in [0.15, 0.2) is 60.7 Å². The number of nitrogens with one attached hydrogen (secondary N) is 2. The van der Waals surface area contributed by atoms with Gasteiger partial charge >= 0.3 is 12.1 Å². The molecule has 0 saturated heterocycles. The number of nitrogens with zero attached hydrogens (tertiary/aromatic N) is 1. The number of aliphatic hydroxyl groups excluding tert-OH is 1. The van der Waals surface area contributed by atoms with E-state index in [2.05, 4.69) is 15.4 Å². The number of unbranched alkanes of at least 4 members (excludes halogenated alkanes) is 1. The lowest BCUT2D eigenvalue weighted by Crippen LogP contribution is -2.57. The van der Waals surface area contributed by atoms with E-state index in [1.807, 2.05) is 24.3 Å². The SMILES string of the molecule is COC(=O)N(C(=O)[C@H](C)N)[C@@H](C)C(=O)NCC(CC(O)CCCCC(=O)c1ccccc1)C(N)C(=O)NC(C(=O)OCc1ccccc1)C(C)C. The van der Waals surface area contributed by atoms with Gasteiger partial charge in [0, 0.05) is 24.4 Å². The van der Waals surface area contributed by atoms with Crippen molar-refractivity contribution in [1.29, 1.82) is 0 Å². The number of nitrogens with two attached hydrogens (primary N) is 2. The third kappa shape index (κ3) is 13.9. The lowest BCUT2D eigenvalue weighted by Gasteiger charge is -2.30. The van der Waals surface area contributed by atoms with Crippen molar-refractivity contribution in [3.05, 3.63) is 71.8 Å². The molecule has 0 aliphatic carbocycles. The minimum absolute atomic E-state index is 0.00876. The molecular formula is C37H53N5O9. The van der Waals surface area contributed by atoms with Gasteiger partial charge < -0.3 is 36.7 Å². The Morgan fingerprint density at radius 3 is 2.04 bits per heavy atom. The highest BCUT2D eigenvalue weighted by Crippen LogP contribution is 2.18. The molecule has 280 valence electrons. The Morgan fingerprint density at radius 1 is 0.863 bits per heavy atom. The van der Waals surface area contributed by atoms with Crippen molar-refractivity contribution in [3.8, 4) is 0 Å². The number of aliphatic hydroxyl groups is 1. The molecule has 0 heterocycles. The fourth-order valence-electron chi connectivity index (χ4n) is 5.29. The number of imide groups is 1. The number of ketones is 1. The maximum atomic E-state index is 13.5. The summed E-state index contributed by atoms with van der Waals surface area (Å²) < 4.78 is 10.1. The molecule has 4 amide bonds. The molecule has 0 aliphatic heterocycles. The molecule has 2 rings (SSSR count). The highest BCUT2D eigenvalue weighted by Gasteiger charge is 2.36. The van der Waals surface area contributed by atoms with E-state index in [-0.39, 0.29) is 37.7 Å². The summed E-state index contributed by atoms with van der Waals surface area (Å²) in [6, 6.07) is 13.2. The second kappa shape index (κ2) is 21.5. The summed E-state index contributed by atoms with van der Waals surface area (Å²) in [5, 5.41) is 16.3. The summed E-state index contributed by atoms with van der Waals surface area (Å²) in [6.45, 7) is 5.93. The third-order valence-corrected chi connectivity index (χ3v) is 8.42. The van der Waals surface area contributed by atoms with Crippen molar-refractivity contribution in [2.75, 3.05) is 13.7 Å². The summed E-state index contributed by atoms with van der Waals surface area (Å²) in [7, 11) is 1.06. The predicted molar refractivity (Wildman–Crippen MR) is 190 cm³/mol. The number of benzene rings is 2. The molecule has 0 saturated carbocycles. The maximum absolute atomic E-state index is 13.5.